The molecule has 2 rings (SSSR count). The Hall–Kier alpha value is -1.47. The average molecular weight is 379 g/mol. The van der Waals surface area contributed by atoms with E-state index in [1.165, 1.54) is 0 Å². The Morgan fingerprint density at radius 1 is 1.26 bits per heavy atom. The summed E-state index contributed by atoms with van der Waals surface area (Å²) >= 11 is 0. The molecule has 1 aliphatic heterocycles. The van der Waals surface area contributed by atoms with Crippen LogP contribution in [0.25, 0.3) is 0 Å². The van der Waals surface area contributed by atoms with E-state index >= 15 is 0 Å². The number of ether oxygens (including phenoxy) is 2. The number of benzene rings is 1. The fraction of sp³-hybridized carbons (Fsp3) is 0.667. The van der Waals surface area contributed by atoms with Gasteiger partial charge in [0.2, 0.25) is 0 Å². The molecular formula is C21H34N2O4. The molecule has 0 aliphatic carbocycles. The molecule has 0 amide bonds. The van der Waals surface area contributed by atoms with Crippen molar-refractivity contribution in [2.75, 3.05) is 26.3 Å². The van der Waals surface area contributed by atoms with Gasteiger partial charge in [-0.2, -0.15) is 0 Å². The monoisotopic (exact) mass is 378 g/mol. The molecule has 0 bridgehead atoms. The molecule has 1 aliphatic rings. The first-order valence-electron chi connectivity index (χ1n) is 9.85. The first-order valence-corrected chi connectivity index (χ1v) is 9.85. The largest absolute Gasteiger partial charge is 0.480 e. The highest BCUT2D eigenvalue weighted by molar-refractivity contribution is 5.73. The zero-order valence-corrected chi connectivity index (χ0v) is 16.6. The molecule has 27 heavy (non-hydrogen) atoms. The molecule has 152 valence electrons. The SMILES string of the molecule is CC1(C)COC(CCN(Cc2ccccc2)[C@@H](CCCCN)C(=O)O)OC1. The maximum atomic E-state index is 11.9. The first-order chi connectivity index (χ1) is 12.9. The summed E-state index contributed by atoms with van der Waals surface area (Å²) in [4.78, 5) is 14.0. The fourth-order valence-electron chi connectivity index (χ4n) is 3.27. The van der Waals surface area contributed by atoms with Crippen molar-refractivity contribution in [1.29, 1.82) is 0 Å². The summed E-state index contributed by atoms with van der Waals surface area (Å²) in [5.41, 5.74) is 6.71. The predicted molar refractivity (Wildman–Crippen MR) is 105 cm³/mol. The predicted octanol–water partition coefficient (Wildman–Crippen LogP) is 2.86. The second-order valence-electron chi connectivity index (χ2n) is 8.10. The Morgan fingerprint density at radius 3 is 2.52 bits per heavy atom. The van der Waals surface area contributed by atoms with Crippen LogP contribution in [-0.2, 0) is 20.8 Å². The number of unbranched alkanes of at least 4 members (excludes halogenated alkanes) is 1. The number of carboxylic acids is 1. The first kappa shape index (κ1) is 21.8. The Labute approximate surface area is 162 Å². The summed E-state index contributed by atoms with van der Waals surface area (Å²) in [6.07, 6.45) is 2.63. The number of nitrogens with two attached hydrogens (primary N) is 1. The van der Waals surface area contributed by atoms with Gasteiger partial charge in [-0.1, -0.05) is 50.6 Å². The van der Waals surface area contributed by atoms with E-state index < -0.39 is 12.0 Å². The van der Waals surface area contributed by atoms with Gasteiger partial charge >= 0.3 is 5.97 Å². The van der Waals surface area contributed by atoms with Crippen LogP contribution in [0.1, 0.15) is 45.1 Å². The van der Waals surface area contributed by atoms with E-state index in [0.717, 1.165) is 18.4 Å². The van der Waals surface area contributed by atoms with Crippen LogP contribution in [0.2, 0.25) is 0 Å². The number of hydrogen-bond donors (Lipinski definition) is 2. The van der Waals surface area contributed by atoms with Crippen LogP contribution < -0.4 is 5.73 Å². The molecule has 1 atom stereocenters. The molecule has 0 radical (unpaired) electrons. The third-order valence-corrected chi connectivity index (χ3v) is 4.86. The lowest BCUT2D eigenvalue weighted by Gasteiger charge is -2.36. The van der Waals surface area contributed by atoms with Crippen molar-refractivity contribution in [1.82, 2.24) is 4.90 Å². The van der Waals surface area contributed by atoms with Gasteiger partial charge in [-0.3, -0.25) is 9.69 Å². The molecule has 1 fully saturated rings. The fourth-order valence-corrected chi connectivity index (χ4v) is 3.27. The topological polar surface area (TPSA) is 85.0 Å². The molecule has 6 heteroatoms. The number of carboxylic acid groups (broad SMARTS) is 1. The van der Waals surface area contributed by atoms with Gasteiger partial charge in [0.25, 0.3) is 0 Å². The molecular weight excluding hydrogens is 344 g/mol. The molecule has 6 nitrogen and oxygen atoms in total. The highest BCUT2D eigenvalue weighted by Gasteiger charge is 2.30. The van der Waals surface area contributed by atoms with Crippen molar-refractivity contribution in [2.45, 2.75) is 58.4 Å². The van der Waals surface area contributed by atoms with Crippen molar-refractivity contribution in [3.05, 3.63) is 35.9 Å². The summed E-state index contributed by atoms with van der Waals surface area (Å²) in [7, 11) is 0. The summed E-state index contributed by atoms with van der Waals surface area (Å²) in [5.74, 6) is -0.783. The van der Waals surface area contributed by atoms with E-state index in [0.29, 0.717) is 45.7 Å². The zero-order valence-electron chi connectivity index (χ0n) is 16.6. The van der Waals surface area contributed by atoms with Crippen molar-refractivity contribution in [3.63, 3.8) is 0 Å². The Bertz CT molecular complexity index is 555. The van der Waals surface area contributed by atoms with Crippen LogP contribution in [-0.4, -0.2) is 54.6 Å². The lowest BCUT2D eigenvalue weighted by Crippen LogP contribution is -2.44. The quantitative estimate of drug-likeness (QED) is 0.576. The van der Waals surface area contributed by atoms with Gasteiger partial charge < -0.3 is 20.3 Å². The third-order valence-electron chi connectivity index (χ3n) is 4.86. The van der Waals surface area contributed by atoms with Crippen LogP contribution >= 0.6 is 0 Å². The minimum Gasteiger partial charge on any atom is -0.480 e. The van der Waals surface area contributed by atoms with Crippen LogP contribution in [0.4, 0.5) is 0 Å². The summed E-state index contributed by atoms with van der Waals surface area (Å²) in [6, 6.07) is 9.45. The normalized spacial score (nSPS) is 18.5. The van der Waals surface area contributed by atoms with Gasteiger partial charge in [-0.15, -0.1) is 0 Å². The van der Waals surface area contributed by atoms with Crippen LogP contribution in [0.3, 0.4) is 0 Å². The Kier molecular flexibility index (Phi) is 8.70. The molecule has 0 spiro atoms. The van der Waals surface area contributed by atoms with E-state index in [4.69, 9.17) is 15.2 Å². The van der Waals surface area contributed by atoms with E-state index in [9.17, 15) is 9.90 Å². The molecule has 0 unspecified atom stereocenters. The molecule has 1 saturated heterocycles. The number of nitrogens with zero attached hydrogens (tertiary/aromatic N) is 1. The van der Waals surface area contributed by atoms with Crippen LogP contribution in [0.15, 0.2) is 30.3 Å². The maximum Gasteiger partial charge on any atom is 0.320 e. The number of rotatable bonds is 11. The average Bonchev–Trinajstić information content (AvgIpc) is 2.64. The maximum absolute atomic E-state index is 11.9. The van der Waals surface area contributed by atoms with Crippen LogP contribution in [0, 0.1) is 5.41 Å². The van der Waals surface area contributed by atoms with E-state index in [-0.39, 0.29) is 11.7 Å². The van der Waals surface area contributed by atoms with Crippen molar-refractivity contribution in [3.8, 4) is 0 Å². The van der Waals surface area contributed by atoms with Crippen molar-refractivity contribution < 1.29 is 19.4 Å². The third kappa shape index (κ3) is 7.58. The smallest absolute Gasteiger partial charge is 0.320 e. The van der Waals surface area contributed by atoms with Crippen molar-refractivity contribution >= 4 is 5.97 Å². The van der Waals surface area contributed by atoms with Gasteiger partial charge in [0.1, 0.15) is 6.04 Å². The summed E-state index contributed by atoms with van der Waals surface area (Å²) in [5, 5.41) is 9.79. The highest BCUT2D eigenvalue weighted by atomic mass is 16.7. The molecule has 1 aromatic rings. The van der Waals surface area contributed by atoms with Crippen molar-refractivity contribution in [2.24, 2.45) is 11.1 Å². The van der Waals surface area contributed by atoms with E-state index in [1.807, 2.05) is 35.2 Å². The standard InChI is InChI=1S/C21H34N2O4/c1-21(2)15-26-19(27-16-21)11-13-23(14-17-8-4-3-5-9-17)18(20(24)25)10-6-7-12-22/h3-5,8-9,18-19H,6-7,10-16,22H2,1-2H3,(H,24,25)/t18-/m0/s1. The van der Waals surface area contributed by atoms with Gasteiger partial charge in [-0.25, -0.2) is 0 Å². The summed E-state index contributed by atoms with van der Waals surface area (Å²) in [6.45, 7) is 7.35. The molecule has 3 N–H and O–H groups in total. The highest BCUT2D eigenvalue weighted by Crippen LogP contribution is 2.25. The number of aliphatic carboxylic acids is 1. The van der Waals surface area contributed by atoms with Gasteiger partial charge in [0.05, 0.1) is 13.2 Å². The lowest BCUT2D eigenvalue weighted by atomic mass is 9.95. The minimum absolute atomic E-state index is 0.0338. The molecule has 0 aromatic heterocycles. The second kappa shape index (κ2) is 10.8. The van der Waals surface area contributed by atoms with Crippen LogP contribution in [0.5, 0.6) is 0 Å². The van der Waals surface area contributed by atoms with Gasteiger partial charge in [0.15, 0.2) is 6.29 Å². The molecule has 1 aromatic carbocycles. The Morgan fingerprint density at radius 2 is 1.93 bits per heavy atom. The number of hydrogen-bond acceptors (Lipinski definition) is 5. The molecule has 1 heterocycles. The zero-order chi connectivity index (χ0) is 19.7. The van der Waals surface area contributed by atoms with E-state index in [1.54, 1.807) is 0 Å². The van der Waals surface area contributed by atoms with Gasteiger partial charge in [0, 0.05) is 24.9 Å². The second-order valence-corrected chi connectivity index (χ2v) is 8.10. The number of carbonyl (C=O) groups is 1. The Balaban J connectivity index is 2.00. The van der Waals surface area contributed by atoms with E-state index in [2.05, 4.69) is 13.8 Å². The summed E-state index contributed by atoms with van der Waals surface area (Å²) < 4.78 is 11.6. The minimum atomic E-state index is -0.783. The lowest BCUT2D eigenvalue weighted by molar-refractivity contribution is -0.225. The molecule has 0 saturated carbocycles. The van der Waals surface area contributed by atoms with Gasteiger partial charge in [-0.05, 0) is 24.9 Å².